The molecule has 0 aliphatic carbocycles. The Labute approximate surface area is 114 Å². The van der Waals surface area contributed by atoms with Gasteiger partial charge in [-0.3, -0.25) is 4.79 Å². The van der Waals surface area contributed by atoms with E-state index in [1.165, 1.54) is 0 Å². The fourth-order valence-corrected chi connectivity index (χ4v) is 2.39. The molecule has 1 saturated heterocycles. The molecule has 1 atom stereocenters. The van der Waals surface area contributed by atoms with Gasteiger partial charge in [-0.2, -0.15) is 0 Å². The lowest BCUT2D eigenvalue weighted by molar-refractivity contribution is 0.0781. The molecule has 1 unspecified atom stereocenters. The number of nitrogens with zero attached hydrogens (tertiary/aromatic N) is 1. The van der Waals surface area contributed by atoms with Gasteiger partial charge in [0.1, 0.15) is 5.75 Å². The fourth-order valence-electron chi connectivity index (χ4n) is 2.39. The molecule has 1 N–H and O–H groups in total. The molecule has 0 spiro atoms. The zero-order chi connectivity index (χ0) is 13.8. The summed E-state index contributed by atoms with van der Waals surface area (Å²) in [7, 11) is 0. The highest BCUT2D eigenvalue weighted by atomic mass is 16.5. The minimum Gasteiger partial charge on any atom is -0.494 e. The van der Waals surface area contributed by atoms with Crippen LogP contribution in [0.3, 0.4) is 0 Å². The highest BCUT2D eigenvalue weighted by Crippen LogP contribution is 2.23. The summed E-state index contributed by atoms with van der Waals surface area (Å²) in [6.45, 7) is 6.02. The number of benzene rings is 1. The van der Waals surface area contributed by atoms with Crippen molar-refractivity contribution in [2.75, 3.05) is 26.3 Å². The van der Waals surface area contributed by atoms with E-state index in [4.69, 9.17) is 9.84 Å². The summed E-state index contributed by atoms with van der Waals surface area (Å²) in [5.41, 5.74) is 1.70. The van der Waals surface area contributed by atoms with Crippen LogP contribution in [0.5, 0.6) is 5.75 Å². The van der Waals surface area contributed by atoms with Gasteiger partial charge in [-0.05, 0) is 38.0 Å². The maximum absolute atomic E-state index is 12.4. The number of aliphatic hydroxyl groups is 1. The third kappa shape index (κ3) is 3.07. The third-order valence-corrected chi connectivity index (χ3v) is 3.57. The van der Waals surface area contributed by atoms with Crippen molar-refractivity contribution in [3.8, 4) is 5.75 Å². The van der Waals surface area contributed by atoms with E-state index in [0.29, 0.717) is 18.7 Å². The fraction of sp³-hybridized carbons (Fsp3) is 0.533. The number of carbonyl (C=O) groups excluding carboxylic acids is 1. The SMILES string of the molecule is CCOc1cc(C(=O)N2CCC(CO)C2)ccc1C. The molecule has 0 bridgehead atoms. The van der Waals surface area contributed by atoms with E-state index in [-0.39, 0.29) is 18.4 Å². The Morgan fingerprint density at radius 3 is 2.95 bits per heavy atom. The molecule has 4 nitrogen and oxygen atoms in total. The molecular formula is C15H21NO3. The molecule has 2 rings (SSSR count). The van der Waals surface area contributed by atoms with Crippen LogP contribution in [0.4, 0.5) is 0 Å². The van der Waals surface area contributed by atoms with Crippen molar-refractivity contribution < 1.29 is 14.6 Å². The topological polar surface area (TPSA) is 49.8 Å². The second-order valence-electron chi connectivity index (χ2n) is 5.00. The first-order valence-electron chi connectivity index (χ1n) is 6.79. The van der Waals surface area contributed by atoms with Crippen LogP contribution >= 0.6 is 0 Å². The van der Waals surface area contributed by atoms with E-state index >= 15 is 0 Å². The maximum atomic E-state index is 12.4. The Balaban J connectivity index is 2.13. The van der Waals surface area contributed by atoms with Gasteiger partial charge in [0.15, 0.2) is 0 Å². The molecular weight excluding hydrogens is 242 g/mol. The summed E-state index contributed by atoms with van der Waals surface area (Å²) in [5, 5.41) is 9.13. The standard InChI is InChI=1S/C15H21NO3/c1-3-19-14-8-13(5-4-11(14)2)15(18)16-7-6-12(9-16)10-17/h4-5,8,12,17H,3,6-7,9-10H2,1-2H3. The number of ether oxygens (including phenoxy) is 1. The molecule has 1 heterocycles. The highest BCUT2D eigenvalue weighted by molar-refractivity contribution is 5.95. The van der Waals surface area contributed by atoms with E-state index in [1.54, 1.807) is 4.90 Å². The zero-order valence-electron chi connectivity index (χ0n) is 11.6. The van der Waals surface area contributed by atoms with Crippen LogP contribution in [0, 0.1) is 12.8 Å². The van der Waals surface area contributed by atoms with Crippen molar-refractivity contribution in [1.82, 2.24) is 4.90 Å². The van der Waals surface area contributed by atoms with Gasteiger partial charge in [0.2, 0.25) is 0 Å². The molecule has 19 heavy (non-hydrogen) atoms. The molecule has 0 radical (unpaired) electrons. The van der Waals surface area contributed by atoms with Gasteiger partial charge in [-0.1, -0.05) is 6.07 Å². The van der Waals surface area contributed by atoms with Gasteiger partial charge in [-0.25, -0.2) is 0 Å². The maximum Gasteiger partial charge on any atom is 0.253 e. The second kappa shape index (κ2) is 6.06. The summed E-state index contributed by atoms with van der Waals surface area (Å²) in [5.74, 6) is 1.02. The van der Waals surface area contributed by atoms with Gasteiger partial charge >= 0.3 is 0 Å². The van der Waals surface area contributed by atoms with Crippen molar-refractivity contribution >= 4 is 5.91 Å². The van der Waals surface area contributed by atoms with E-state index in [0.717, 1.165) is 24.3 Å². The van der Waals surface area contributed by atoms with Gasteiger partial charge in [0.25, 0.3) is 5.91 Å². The van der Waals surface area contributed by atoms with Crippen LogP contribution in [0.2, 0.25) is 0 Å². The Hall–Kier alpha value is -1.55. The summed E-state index contributed by atoms with van der Waals surface area (Å²) in [6.07, 6.45) is 0.881. The van der Waals surface area contributed by atoms with Crippen molar-refractivity contribution in [2.24, 2.45) is 5.92 Å². The largest absolute Gasteiger partial charge is 0.494 e. The smallest absolute Gasteiger partial charge is 0.253 e. The summed E-state index contributed by atoms with van der Waals surface area (Å²) >= 11 is 0. The van der Waals surface area contributed by atoms with Crippen LogP contribution in [-0.4, -0.2) is 42.2 Å². The Bertz CT molecular complexity index is 459. The normalized spacial score (nSPS) is 18.7. The quantitative estimate of drug-likeness (QED) is 0.902. The first-order valence-corrected chi connectivity index (χ1v) is 6.79. The van der Waals surface area contributed by atoms with Crippen LogP contribution in [-0.2, 0) is 0 Å². The van der Waals surface area contributed by atoms with E-state index < -0.39 is 0 Å². The van der Waals surface area contributed by atoms with Crippen molar-refractivity contribution in [3.05, 3.63) is 29.3 Å². The molecule has 1 aromatic rings. The second-order valence-corrected chi connectivity index (χ2v) is 5.00. The number of carbonyl (C=O) groups is 1. The first kappa shape index (κ1) is 13.9. The lowest BCUT2D eigenvalue weighted by atomic mass is 10.1. The minimum absolute atomic E-state index is 0.0249. The molecule has 1 amide bonds. The van der Waals surface area contributed by atoms with Crippen molar-refractivity contribution in [3.63, 3.8) is 0 Å². The zero-order valence-corrected chi connectivity index (χ0v) is 11.6. The van der Waals surface area contributed by atoms with E-state index in [1.807, 2.05) is 32.0 Å². The molecule has 0 aromatic heterocycles. The monoisotopic (exact) mass is 263 g/mol. The molecule has 0 saturated carbocycles. The highest BCUT2D eigenvalue weighted by Gasteiger charge is 2.26. The van der Waals surface area contributed by atoms with Crippen LogP contribution in [0.15, 0.2) is 18.2 Å². The molecule has 1 aliphatic rings. The lowest BCUT2D eigenvalue weighted by Crippen LogP contribution is -2.29. The molecule has 1 aliphatic heterocycles. The predicted octanol–water partition coefficient (Wildman–Crippen LogP) is 1.85. The van der Waals surface area contributed by atoms with E-state index in [2.05, 4.69) is 0 Å². The van der Waals surface area contributed by atoms with Crippen LogP contribution in [0.1, 0.15) is 29.3 Å². The summed E-state index contributed by atoms with van der Waals surface area (Å²) in [6, 6.07) is 5.57. The Kier molecular flexibility index (Phi) is 4.43. The van der Waals surface area contributed by atoms with Gasteiger partial charge in [0, 0.05) is 31.2 Å². The van der Waals surface area contributed by atoms with Crippen LogP contribution in [0.25, 0.3) is 0 Å². The number of amides is 1. The van der Waals surface area contributed by atoms with E-state index in [9.17, 15) is 4.79 Å². The average molecular weight is 263 g/mol. The molecule has 1 aromatic carbocycles. The number of rotatable bonds is 4. The Morgan fingerprint density at radius 2 is 2.32 bits per heavy atom. The minimum atomic E-state index is 0.0249. The first-order chi connectivity index (χ1) is 9.15. The predicted molar refractivity (Wildman–Crippen MR) is 73.4 cm³/mol. The summed E-state index contributed by atoms with van der Waals surface area (Å²) < 4.78 is 5.52. The third-order valence-electron chi connectivity index (χ3n) is 3.57. The number of likely N-dealkylation sites (tertiary alicyclic amines) is 1. The number of aliphatic hydroxyl groups excluding tert-OH is 1. The number of hydrogen-bond acceptors (Lipinski definition) is 3. The summed E-state index contributed by atoms with van der Waals surface area (Å²) in [4.78, 5) is 14.2. The Morgan fingerprint density at radius 1 is 1.53 bits per heavy atom. The number of aryl methyl sites for hydroxylation is 1. The molecule has 1 fully saturated rings. The van der Waals surface area contributed by atoms with Gasteiger partial charge < -0.3 is 14.7 Å². The molecule has 4 heteroatoms. The van der Waals surface area contributed by atoms with Crippen LogP contribution < -0.4 is 4.74 Å². The lowest BCUT2D eigenvalue weighted by Gasteiger charge is -2.17. The van der Waals surface area contributed by atoms with Crippen molar-refractivity contribution in [2.45, 2.75) is 20.3 Å². The van der Waals surface area contributed by atoms with Gasteiger partial charge in [0.05, 0.1) is 6.61 Å². The van der Waals surface area contributed by atoms with Crippen molar-refractivity contribution in [1.29, 1.82) is 0 Å². The number of hydrogen-bond donors (Lipinski definition) is 1. The average Bonchev–Trinajstić information content (AvgIpc) is 2.89. The molecule has 104 valence electrons. The van der Waals surface area contributed by atoms with Gasteiger partial charge in [-0.15, -0.1) is 0 Å².